The number of rotatable bonds is 2. The minimum Gasteiger partial charge on any atom is -0.346 e. The Balaban J connectivity index is 1.46. The van der Waals surface area contributed by atoms with Crippen LogP contribution in [0.4, 0.5) is 5.13 Å². The molecule has 1 unspecified atom stereocenters. The van der Waals surface area contributed by atoms with Gasteiger partial charge in [0.1, 0.15) is 0 Å². The maximum Gasteiger partial charge on any atom is 0.186 e. The molecule has 0 spiro atoms. The Morgan fingerprint density at radius 1 is 1.04 bits per heavy atom. The smallest absolute Gasteiger partial charge is 0.186 e. The molecule has 3 heterocycles. The van der Waals surface area contributed by atoms with E-state index in [1.807, 2.05) is 6.20 Å². The van der Waals surface area contributed by atoms with Gasteiger partial charge in [-0.1, -0.05) is 41.7 Å². The molecule has 114 valence electrons. The average Bonchev–Trinajstić information content (AvgIpc) is 3.31. The first-order valence-corrected chi connectivity index (χ1v) is 8.73. The van der Waals surface area contributed by atoms with Crippen molar-refractivity contribution in [2.75, 3.05) is 18.0 Å². The molecule has 2 aromatic heterocycles. The lowest BCUT2D eigenvalue weighted by atomic mass is 10.2. The van der Waals surface area contributed by atoms with Gasteiger partial charge in [-0.15, -0.1) is 0 Å². The number of nitrogens with zero attached hydrogens (tertiary/aromatic N) is 4. The average molecular weight is 320 g/mol. The summed E-state index contributed by atoms with van der Waals surface area (Å²) in [6.07, 6.45) is 3.08. The molecule has 5 heteroatoms. The SMILES string of the molecule is c1ccc2c(c1)cnn2C1CCN(c2nc3ccccc3s2)C1. The predicted octanol–water partition coefficient (Wildman–Crippen LogP) is 4.10. The van der Waals surface area contributed by atoms with Gasteiger partial charge in [-0.3, -0.25) is 4.68 Å². The largest absolute Gasteiger partial charge is 0.346 e. The van der Waals surface area contributed by atoms with E-state index in [1.165, 1.54) is 15.6 Å². The normalized spacial score (nSPS) is 18.3. The molecule has 1 fully saturated rings. The molecule has 1 saturated heterocycles. The Bertz CT molecular complexity index is 954. The summed E-state index contributed by atoms with van der Waals surface area (Å²) in [4.78, 5) is 7.18. The summed E-state index contributed by atoms with van der Waals surface area (Å²) in [6, 6.07) is 17.2. The van der Waals surface area contributed by atoms with Crippen LogP contribution in [0.25, 0.3) is 21.1 Å². The van der Waals surface area contributed by atoms with Crippen LogP contribution < -0.4 is 4.90 Å². The van der Waals surface area contributed by atoms with Gasteiger partial charge in [-0.2, -0.15) is 5.10 Å². The third-order valence-electron chi connectivity index (χ3n) is 4.57. The van der Waals surface area contributed by atoms with Gasteiger partial charge in [0.2, 0.25) is 0 Å². The van der Waals surface area contributed by atoms with Crippen molar-refractivity contribution in [3.8, 4) is 0 Å². The van der Waals surface area contributed by atoms with Crippen molar-refractivity contribution < 1.29 is 0 Å². The van der Waals surface area contributed by atoms with Gasteiger partial charge < -0.3 is 4.90 Å². The Morgan fingerprint density at radius 3 is 2.87 bits per heavy atom. The highest BCUT2D eigenvalue weighted by atomic mass is 32.1. The van der Waals surface area contributed by atoms with Gasteiger partial charge in [0.05, 0.1) is 28.0 Å². The van der Waals surface area contributed by atoms with Crippen LogP contribution >= 0.6 is 11.3 Å². The molecular weight excluding hydrogens is 304 g/mol. The van der Waals surface area contributed by atoms with Crippen LogP contribution in [0.3, 0.4) is 0 Å². The zero-order valence-electron chi connectivity index (χ0n) is 12.6. The summed E-state index contributed by atoms with van der Waals surface area (Å²) < 4.78 is 3.44. The minimum absolute atomic E-state index is 0.418. The number of anilines is 1. The van der Waals surface area contributed by atoms with Crippen molar-refractivity contribution >= 4 is 37.6 Å². The van der Waals surface area contributed by atoms with Crippen LogP contribution in [-0.2, 0) is 0 Å². The van der Waals surface area contributed by atoms with Crippen molar-refractivity contribution in [2.45, 2.75) is 12.5 Å². The third kappa shape index (κ3) is 2.11. The minimum atomic E-state index is 0.418. The molecule has 0 radical (unpaired) electrons. The molecule has 0 bridgehead atoms. The molecular formula is C18H16N4S. The van der Waals surface area contributed by atoms with Crippen molar-refractivity contribution in [2.24, 2.45) is 0 Å². The van der Waals surface area contributed by atoms with Crippen molar-refractivity contribution in [3.63, 3.8) is 0 Å². The molecule has 4 aromatic rings. The summed E-state index contributed by atoms with van der Waals surface area (Å²) in [6.45, 7) is 2.02. The second-order valence-electron chi connectivity index (χ2n) is 6.00. The number of benzene rings is 2. The maximum absolute atomic E-state index is 4.79. The molecule has 4 nitrogen and oxygen atoms in total. The zero-order chi connectivity index (χ0) is 15.2. The molecule has 0 N–H and O–H groups in total. The molecule has 23 heavy (non-hydrogen) atoms. The highest BCUT2D eigenvalue weighted by Gasteiger charge is 2.27. The summed E-state index contributed by atoms with van der Waals surface area (Å²) >= 11 is 1.78. The Hall–Kier alpha value is -2.40. The van der Waals surface area contributed by atoms with Crippen molar-refractivity contribution in [1.29, 1.82) is 0 Å². The summed E-state index contributed by atoms with van der Waals surface area (Å²) in [7, 11) is 0. The van der Waals surface area contributed by atoms with Crippen LogP contribution in [0, 0.1) is 0 Å². The lowest BCUT2D eigenvalue weighted by Crippen LogP contribution is -2.21. The quantitative estimate of drug-likeness (QED) is 0.558. The van der Waals surface area contributed by atoms with Crippen LogP contribution in [0.1, 0.15) is 12.5 Å². The predicted molar refractivity (Wildman–Crippen MR) is 95.2 cm³/mol. The van der Waals surface area contributed by atoms with E-state index in [0.29, 0.717) is 6.04 Å². The topological polar surface area (TPSA) is 34.0 Å². The van der Waals surface area contributed by atoms with E-state index in [9.17, 15) is 0 Å². The number of hydrogen-bond donors (Lipinski definition) is 0. The number of para-hydroxylation sites is 2. The fraction of sp³-hybridized carbons (Fsp3) is 0.222. The number of aromatic nitrogens is 3. The second-order valence-corrected chi connectivity index (χ2v) is 7.01. The van der Waals surface area contributed by atoms with Crippen LogP contribution in [0.5, 0.6) is 0 Å². The van der Waals surface area contributed by atoms with Gasteiger partial charge in [-0.25, -0.2) is 4.98 Å². The third-order valence-corrected chi connectivity index (χ3v) is 5.66. The fourth-order valence-corrected chi connectivity index (χ4v) is 4.39. The van der Waals surface area contributed by atoms with E-state index in [0.717, 1.165) is 30.2 Å². The van der Waals surface area contributed by atoms with E-state index in [4.69, 9.17) is 4.98 Å². The highest BCUT2D eigenvalue weighted by Crippen LogP contribution is 2.34. The molecule has 1 aliphatic heterocycles. The molecule has 0 amide bonds. The van der Waals surface area contributed by atoms with Crippen molar-refractivity contribution in [3.05, 3.63) is 54.7 Å². The van der Waals surface area contributed by atoms with Gasteiger partial charge in [0, 0.05) is 18.5 Å². The Labute approximate surface area is 138 Å². The van der Waals surface area contributed by atoms with E-state index >= 15 is 0 Å². The molecule has 1 atom stereocenters. The van der Waals surface area contributed by atoms with Gasteiger partial charge in [0.15, 0.2) is 5.13 Å². The van der Waals surface area contributed by atoms with Gasteiger partial charge in [-0.05, 0) is 24.6 Å². The van der Waals surface area contributed by atoms with E-state index in [2.05, 4.69) is 63.2 Å². The Kier molecular flexibility index (Phi) is 2.88. The first kappa shape index (κ1) is 13.1. The fourth-order valence-electron chi connectivity index (χ4n) is 3.39. The molecule has 0 saturated carbocycles. The van der Waals surface area contributed by atoms with E-state index < -0.39 is 0 Å². The van der Waals surface area contributed by atoms with Gasteiger partial charge >= 0.3 is 0 Å². The van der Waals surface area contributed by atoms with Crippen LogP contribution in [0.15, 0.2) is 54.7 Å². The molecule has 1 aliphatic rings. The first-order valence-electron chi connectivity index (χ1n) is 7.91. The highest BCUT2D eigenvalue weighted by molar-refractivity contribution is 7.22. The number of fused-ring (bicyclic) bond motifs is 2. The molecule has 0 aliphatic carbocycles. The van der Waals surface area contributed by atoms with Gasteiger partial charge in [0.25, 0.3) is 0 Å². The molecule has 2 aromatic carbocycles. The lowest BCUT2D eigenvalue weighted by Gasteiger charge is -2.15. The standard InChI is InChI=1S/C18H16N4S/c1-3-7-16-13(5-1)11-19-22(16)14-9-10-21(12-14)18-20-15-6-2-4-8-17(15)23-18/h1-8,11,14H,9-10,12H2. The van der Waals surface area contributed by atoms with Crippen molar-refractivity contribution in [1.82, 2.24) is 14.8 Å². The van der Waals surface area contributed by atoms with E-state index in [1.54, 1.807) is 11.3 Å². The number of thiazole rings is 1. The number of hydrogen-bond acceptors (Lipinski definition) is 4. The molecule has 5 rings (SSSR count). The zero-order valence-corrected chi connectivity index (χ0v) is 13.4. The maximum atomic E-state index is 4.79. The summed E-state index contributed by atoms with van der Waals surface area (Å²) in [5.74, 6) is 0. The first-order chi connectivity index (χ1) is 11.4. The summed E-state index contributed by atoms with van der Waals surface area (Å²) in [5, 5.41) is 6.96. The Morgan fingerprint density at radius 2 is 1.91 bits per heavy atom. The summed E-state index contributed by atoms with van der Waals surface area (Å²) in [5.41, 5.74) is 2.32. The van der Waals surface area contributed by atoms with Crippen LogP contribution in [-0.4, -0.2) is 27.9 Å². The second kappa shape index (κ2) is 5.06. The van der Waals surface area contributed by atoms with E-state index in [-0.39, 0.29) is 0 Å². The monoisotopic (exact) mass is 320 g/mol. The van der Waals surface area contributed by atoms with Crippen LogP contribution in [0.2, 0.25) is 0 Å². The lowest BCUT2D eigenvalue weighted by molar-refractivity contribution is 0.511.